The highest BCUT2D eigenvalue weighted by Gasteiger charge is 2.28. The molecule has 0 atom stereocenters. The molecular formula is C14H21NO. The number of carbonyl (C=O) groups excluding carboxylic acids is 1. The van der Waals surface area contributed by atoms with E-state index in [-0.39, 0.29) is 11.2 Å². The molecule has 0 aliphatic rings. The van der Waals surface area contributed by atoms with E-state index in [4.69, 9.17) is 0 Å². The van der Waals surface area contributed by atoms with Gasteiger partial charge in [-0.25, -0.2) is 0 Å². The van der Waals surface area contributed by atoms with Crippen LogP contribution in [0, 0.1) is 5.41 Å². The van der Waals surface area contributed by atoms with Gasteiger partial charge >= 0.3 is 0 Å². The fourth-order valence-electron chi connectivity index (χ4n) is 1.58. The number of ketones is 1. The van der Waals surface area contributed by atoms with Crippen molar-refractivity contribution in [2.24, 2.45) is 5.41 Å². The van der Waals surface area contributed by atoms with E-state index in [1.807, 2.05) is 57.1 Å². The second-order valence-corrected chi connectivity index (χ2v) is 4.98. The van der Waals surface area contributed by atoms with Crippen LogP contribution in [0.2, 0.25) is 0 Å². The minimum Gasteiger partial charge on any atom is -0.377 e. The van der Waals surface area contributed by atoms with Crippen molar-refractivity contribution in [3.8, 4) is 0 Å². The summed E-state index contributed by atoms with van der Waals surface area (Å²) < 4.78 is 0. The Hall–Kier alpha value is -1.31. The number of nitrogens with zero attached hydrogens (tertiary/aromatic N) is 1. The Kier molecular flexibility index (Phi) is 3.74. The van der Waals surface area contributed by atoms with Crippen LogP contribution in [0.3, 0.4) is 0 Å². The third-order valence-electron chi connectivity index (χ3n) is 3.13. The standard InChI is InChI=1S/C14H21NO/c1-6-14(2,3)13(16)11-9-7-8-10-12(11)15(4)5/h7-10H,6H2,1-5H3. The second kappa shape index (κ2) is 4.69. The van der Waals surface area contributed by atoms with Gasteiger partial charge in [-0.05, 0) is 18.6 Å². The van der Waals surface area contributed by atoms with Crippen LogP contribution < -0.4 is 4.90 Å². The lowest BCUT2D eigenvalue weighted by Crippen LogP contribution is -2.25. The summed E-state index contributed by atoms with van der Waals surface area (Å²) in [5.74, 6) is 0.222. The largest absolute Gasteiger partial charge is 0.377 e. The smallest absolute Gasteiger partial charge is 0.170 e. The van der Waals surface area contributed by atoms with Crippen molar-refractivity contribution in [1.29, 1.82) is 0 Å². The van der Waals surface area contributed by atoms with Gasteiger partial charge in [-0.2, -0.15) is 0 Å². The topological polar surface area (TPSA) is 20.3 Å². The maximum Gasteiger partial charge on any atom is 0.170 e. The van der Waals surface area contributed by atoms with Gasteiger partial charge in [0.05, 0.1) is 0 Å². The monoisotopic (exact) mass is 219 g/mol. The Bertz CT molecular complexity index is 380. The van der Waals surface area contributed by atoms with E-state index in [0.717, 1.165) is 17.7 Å². The number of benzene rings is 1. The fourth-order valence-corrected chi connectivity index (χ4v) is 1.58. The predicted molar refractivity (Wildman–Crippen MR) is 69.2 cm³/mol. The molecule has 0 fully saturated rings. The van der Waals surface area contributed by atoms with Crippen molar-refractivity contribution < 1.29 is 4.79 Å². The minimum atomic E-state index is -0.286. The lowest BCUT2D eigenvalue weighted by atomic mass is 9.81. The van der Waals surface area contributed by atoms with Gasteiger partial charge in [-0.1, -0.05) is 32.9 Å². The van der Waals surface area contributed by atoms with E-state index in [9.17, 15) is 4.79 Å². The van der Waals surface area contributed by atoms with Gasteiger partial charge in [-0.15, -0.1) is 0 Å². The molecule has 1 rings (SSSR count). The molecule has 0 saturated heterocycles. The Balaban J connectivity index is 3.19. The summed E-state index contributed by atoms with van der Waals surface area (Å²) in [6.45, 7) is 6.06. The molecule has 0 N–H and O–H groups in total. The summed E-state index contributed by atoms with van der Waals surface area (Å²) in [6.07, 6.45) is 0.855. The van der Waals surface area contributed by atoms with Crippen LogP contribution in [-0.2, 0) is 0 Å². The third kappa shape index (κ3) is 2.43. The summed E-state index contributed by atoms with van der Waals surface area (Å²) in [6, 6.07) is 7.78. The fraction of sp³-hybridized carbons (Fsp3) is 0.500. The summed E-state index contributed by atoms with van der Waals surface area (Å²) in [4.78, 5) is 14.4. The zero-order chi connectivity index (χ0) is 12.3. The van der Waals surface area contributed by atoms with Gasteiger partial charge in [0.1, 0.15) is 0 Å². The average molecular weight is 219 g/mol. The van der Waals surface area contributed by atoms with Crippen LogP contribution >= 0.6 is 0 Å². The first kappa shape index (κ1) is 12.8. The van der Waals surface area contributed by atoms with Crippen molar-refractivity contribution in [3.05, 3.63) is 29.8 Å². The highest BCUT2D eigenvalue weighted by molar-refractivity contribution is 6.04. The zero-order valence-corrected chi connectivity index (χ0v) is 10.9. The molecule has 0 amide bonds. The molecule has 0 aromatic heterocycles. The zero-order valence-electron chi connectivity index (χ0n) is 10.9. The van der Waals surface area contributed by atoms with Crippen molar-refractivity contribution in [2.45, 2.75) is 27.2 Å². The maximum absolute atomic E-state index is 12.4. The number of Topliss-reactive ketones (excluding diaryl/α,β-unsaturated/α-hetero) is 1. The molecule has 88 valence electrons. The molecule has 0 bridgehead atoms. The highest BCUT2D eigenvalue weighted by Crippen LogP contribution is 2.29. The lowest BCUT2D eigenvalue weighted by Gasteiger charge is -2.24. The minimum absolute atomic E-state index is 0.222. The molecule has 0 unspecified atom stereocenters. The average Bonchev–Trinajstić information content (AvgIpc) is 2.28. The number of hydrogen-bond acceptors (Lipinski definition) is 2. The SMILES string of the molecule is CCC(C)(C)C(=O)c1ccccc1N(C)C. The van der Waals surface area contributed by atoms with E-state index >= 15 is 0 Å². The number of para-hydroxylation sites is 1. The molecule has 2 heteroatoms. The van der Waals surface area contributed by atoms with E-state index in [2.05, 4.69) is 6.92 Å². The number of anilines is 1. The first-order chi connectivity index (χ1) is 7.40. The van der Waals surface area contributed by atoms with Crippen LogP contribution in [0.5, 0.6) is 0 Å². The van der Waals surface area contributed by atoms with Gasteiger partial charge < -0.3 is 4.90 Å². The number of carbonyl (C=O) groups is 1. The molecule has 1 aromatic rings. The Morgan fingerprint density at radius 1 is 1.25 bits per heavy atom. The normalized spacial score (nSPS) is 11.3. The second-order valence-electron chi connectivity index (χ2n) is 4.98. The molecule has 1 aromatic carbocycles. The summed E-state index contributed by atoms with van der Waals surface area (Å²) in [5, 5.41) is 0. The lowest BCUT2D eigenvalue weighted by molar-refractivity contribution is 0.0833. The molecule has 0 heterocycles. The molecule has 0 radical (unpaired) electrons. The van der Waals surface area contributed by atoms with E-state index in [0.29, 0.717) is 0 Å². The Morgan fingerprint density at radius 2 is 1.81 bits per heavy atom. The Morgan fingerprint density at radius 3 is 2.31 bits per heavy atom. The molecule has 0 aliphatic heterocycles. The quantitative estimate of drug-likeness (QED) is 0.724. The first-order valence-corrected chi connectivity index (χ1v) is 5.71. The molecule has 0 aliphatic carbocycles. The molecule has 0 saturated carbocycles. The van der Waals surface area contributed by atoms with E-state index in [1.54, 1.807) is 0 Å². The van der Waals surface area contributed by atoms with Gasteiger partial charge in [0, 0.05) is 30.8 Å². The summed E-state index contributed by atoms with van der Waals surface area (Å²) in [5.41, 5.74) is 1.53. The Labute approximate surface area is 98.3 Å². The van der Waals surface area contributed by atoms with E-state index in [1.165, 1.54) is 0 Å². The molecule has 0 spiro atoms. The van der Waals surface area contributed by atoms with Crippen LogP contribution in [0.1, 0.15) is 37.6 Å². The first-order valence-electron chi connectivity index (χ1n) is 5.71. The van der Waals surface area contributed by atoms with Crippen LogP contribution in [-0.4, -0.2) is 19.9 Å². The van der Waals surface area contributed by atoms with Gasteiger partial charge in [0.25, 0.3) is 0 Å². The van der Waals surface area contributed by atoms with Gasteiger partial charge in [0.2, 0.25) is 0 Å². The van der Waals surface area contributed by atoms with Crippen LogP contribution in [0.4, 0.5) is 5.69 Å². The summed E-state index contributed by atoms with van der Waals surface area (Å²) >= 11 is 0. The van der Waals surface area contributed by atoms with Crippen molar-refractivity contribution >= 4 is 11.5 Å². The molecular weight excluding hydrogens is 198 g/mol. The van der Waals surface area contributed by atoms with Crippen molar-refractivity contribution in [3.63, 3.8) is 0 Å². The van der Waals surface area contributed by atoms with Crippen LogP contribution in [0.15, 0.2) is 24.3 Å². The highest BCUT2D eigenvalue weighted by atomic mass is 16.1. The van der Waals surface area contributed by atoms with Gasteiger partial charge in [-0.3, -0.25) is 4.79 Å². The molecule has 16 heavy (non-hydrogen) atoms. The molecule has 2 nitrogen and oxygen atoms in total. The maximum atomic E-state index is 12.4. The van der Waals surface area contributed by atoms with E-state index < -0.39 is 0 Å². The van der Waals surface area contributed by atoms with Crippen LogP contribution in [0.25, 0.3) is 0 Å². The number of hydrogen-bond donors (Lipinski definition) is 0. The van der Waals surface area contributed by atoms with Gasteiger partial charge in [0.15, 0.2) is 5.78 Å². The summed E-state index contributed by atoms with van der Waals surface area (Å²) in [7, 11) is 3.93. The number of rotatable bonds is 4. The van der Waals surface area contributed by atoms with Crippen molar-refractivity contribution in [1.82, 2.24) is 0 Å². The third-order valence-corrected chi connectivity index (χ3v) is 3.13. The predicted octanol–water partition coefficient (Wildman–Crippen LogP) is 3.37. The van der Waals surface area contributed by atoms with Crippen molar-refractivity contribution in [2.75, 3.05) is 19.0 Å².